The molecule has 0 radical (unpaired) electrons. The Morgan fingerprint density at radius 3 is 2.88 bits per heavy atom. The lowest BCUT2D eigenvalue weighted by Gasteiger charge is -2.18. The molecule has 1 aromatic heterocycles. The molecule has 1 aromatic rings. The quantitative estimate of drug-likeness (QED) is 0.538. The van der Waals surface area contributed by atoms with Crippen molar-refractivity contribution in [3.05, 3.63) is 24.0 Å². The minimum absolute atomic E-state index is 0.128. The zero-order valence-electron chi connectivity index (χ0n) is 10.0. The number of aromatic nitrogens is 1. The number of hydrogen-bond acceptors (Lipinski definition) is 3. The third-order valence-corrected chi connectivity index (χ3v) is 2.47. The molecule has 0 bridgehead atoms. The molecule has 0 amide bonds. The van der Waals surface area contributed by atoms with Crippen LogP contribution in [-0.4, -0.2) is 48.5 Å². The van der Waals surface area contributed by atoms with Crippen molar-refractivity contribution in [2.24, 2.45) is 0 Å². The van der Waals surface area contributed by atoms with E-state index in [0.717, 1.165) is 19.7 Å². The smallest absolute Gasteiger partial charge is 0.192 e. The number of nitrogens with one attached hydrogen (secondary N) is 1. The number of aromatic amines is 1. The maximum absolute atomic E-state index is 11.8. The highest BCUT2D eigenvalue weighted by Crippen LogP contribution is 1.99. The monoisotopic (exact) mass is 224 g/mol. The van der Waals surface area contributed by atoms with Crippen LogP contribution >= 0.6 is 0 Å². The molecule has 0 aliphatic heterocycles. The van der Waals surface area contributed by atoms with E-state index in [2.05, 4.69) is 9.88 Å². The lowest BCUT2D eigenvalue weighted by Crippen LogP contribution is -2.32. The topological polar surface area (TPSA) is 45.3 Å². The van der Waals surface area contributed by atoms with Crippen molar-refractivity contribution in [1.82, 2.24) is 9.88 Å². The summed E-state index contributed by atoms with van der Waals surface area (Å²) in [4.78, 5) is 16.8. The standard InChI is InChI=1S/C12H20N2O2/c1-3-14(8-9-16-4-2)10-12(15)11-6-5-7-13-11/h5-7,13H,3-4,8-10H2,1-2H3. The van der Waals surface area contributed by atoms with Gasteiger partial charge in [0.25, 0.3) is 0 Å². The largest absolute Gasteiger partial charge is 0.380 e. The maximum Gasteiger partial charge on any atom is 0.192 e. The number of nitrogens with zero attached hydrogens (tertiary/aromatic N) is 1. The molecule has 16 heavy (non-hydrogen) atoms. The first kappa shape index (κ1) is 12.9. The van der Waals surface area contributed by atoms with Crippen LogP contribution < -0.4 is 0 Å². The van der Waals surface area contributed by atoms with Crippen LogP contribution in [0.25, 0.3) is 0 Å². The fourth-order valence-electron chi connectivity index (χ4n) is 1.48. The van der Waals surface area contributed by atoms with E-state index in [4.69, 9.17) is 4.74 Å². The van der Waals surface area contributed by atoms with Crippen LogP contribution in [0.2, 0.25) is 0 Å². The van der Waals surface area contributed by atoms with E-state index in [-0.39, 0.29) is 5.78 Å². The van der Waals surface area contributed by atoms with E-state index in [1.165, 1.54) is 0 Å². The molecule has 0 fully saturated rings. The molecule has 1 heterocycles. The van der Waals surface area contributed by atoms with Gasteiger partial charge in [-0.05, 0) is 25.6 Å². The number of carbonyl (C=O) groups is 1. The summed E-state index contributed by atoms with van der Waals surface area (Å²) in [6.07, 6.45) is 1.77. The van der Waals surface area contributed by atoms with Gasteiger partial charge in [-0.2, -0.15) is 0 Å². The van der Waals surface area contributed by atoms with Crippen molar-refractivity contribution < 1.29 is 9.53 Å². The summed E-state index contributed by atoms with van der Waals surface area (Å²) < 4.78 is 5.28. The first-order valence-corrected chi connectivity index (χ1v) is 5.74. The van der Waals surface area contributed by atoms with E-state index in [0.29, 0.717) is 18.8 Å². The van der Waals surface area contributed by atoms with Gasteiger partial charge in [-0.15, -0.1) is 0 Å². The minimum atomic E-state index is 0.128. The fraction of sp³-hybridized carbons (Fsp3) is 0.583. The van der Waals surface area contributed by atoms with Gasteiger partial charge in [0, 0.05) is 19.3 Å². The van der Waals surface area contributed by atoms with Gasteiger partial charge in [-0.25, -0.2) is 0 Å². The summed E-state index contributed by atoms with van der Waals surface area (Å²) in [5, 5.41) is 0. The van der Waals surface area contributed by atoms with E-state index >= 15 is 0 Å². The number of ketones is 1. The Labute approximate surface area is 96.6 Å². The van der Waals surface area contributed by atoms with Crippen molar-refractivity contribution in [3.8, 4) is 0 Å². The number of rotatable bonds is 8. The van der Waals surface area contributed by atoms with Crippen LogP contribution in [-0.2, 0) is 4.74 Å². The van der Waals surface area contributed by atoms with Gasteiger partial charge in [0.2, 0.25) is 0 Å². The second-order valence-electron chi connectivity index (χ2n) is 3.57. The van der Waals surface area contributed by atoms with Crippen LogP contribution in [0.4, 0.5) is 0 Å². The Kier molecular flexibility index (Phi) is 5.82. The summed E-state index contributed by atoms with van der Waals surface area (Å²) in [5.41, 5.74) is 0.676. The number of ether oxygens (including phenoxy) is 1. The van der Waals surface area contributed by atoms with Crippen LogP contribution in [0.3, 0.4) is 0 Å². The fourth-order valence-corrected chi connectivity index (χ4v) is 1.48. The molecular formula is C12H20N2O2. The molecule has 4 heteroatoms. The molecule has 0 aliphatic rings. The molecular weight excluding hydrogens is 204 g/mol. The van der Waals surface area contributed by atoms with Gasteiger partial charge in [0.15, 0.2) is 5.78 Å². The predicted molar refractivity (Wildman–Crippen MR) is 63.7 cm³/mol. The number of likely N-dealkylation sites (N-methyl/N-ethyl adjacent to an activating group) is 1. The van der Waals surface area contributed by atoms with Crippen molar-refractivity contribution in [2.45, 2.75) is 13.8 Å². The molecule has 4 nitrogen and oxygen atoms in total. The molecule has 0 aliphatic carbocycles. The molecule has 0 saturated heterocycles. The van der Waals surface area contributed by atoms with Crippen LogP contribution in [0.15, 0.2) is 18.3 Å². The first-order valence-electron chi connectivity index (χ1n) is 5.74. The molecule has 0 atom stereocenters. The van der Waals surface area contributed by atoms with Crippen LogP contribution in [0.5, 0.6) is 0 Å². The highest BCUT2D eigenvalue weighted by molar-refractivity contribution is 5.95. The number of H-pyrrole nitrogens is 1. The average molecular weight is 224 g/mol. The number of Topliss-reactive ketones (excluding diaryl/α,β-unsaturated/α-hetero) is 1. The lowest BCUT2D eigenvalue weighted by atomic mass is 10.2. The van der Waals surface area contributed by atoms with Gasteiger partial charge >= 0.3 is 0 Å². The average Bonchev–Trinajstić information content (AvgIpc) is 2.81. The third kappa shape index (κ3) is 4.16. The maximum atomic E-state index is 11.8. The molecule has 0 aromatic carbocycles. The van der Waals surface area contributed by atoms with E-state index in [1.807, 2.05) is 19.9 Å². The SMILES string of the molecule is CCOCCN(CC)CC(=O)c1ccc[nH]1. The summed E-state index contributed by atoms with van der Waals surface area (Å²) in [7, 11) is 0. The van der Waals surface area contributed by atoms with Gasteiger partial charge < -0.3 is 9.72 Å². The minimum Gasteiger partial charge on any atom is -0.380 e. The molecule has 1 N–H and O–H groups in total. The summed E-state index contributed by atoms with van der Waals surface area (Å²) in [6, 6.07) is 3.64. The van der Waals surface area contributed by atoms with Gasteiger partial charge in [-0.1, -0.05) is 6.92 Å². The third-order valence-electron chi connectivity index (χ3n) is 2.47. The summed E-state index contributed by atoms with van der Waals surface area (Å²) in [5.74, 6) is 0.128. The second kappa shape index (κ2) is 7.19. The summed E-state index contributed by atoms with van der Waals surface area (Å²) >= 11 is 0. The van der Waals surface area contributed by atoms with Crippen molar-refractivity contribution >= 4 is 5.78 Å². The van der Waals surface area contributed by atoms with Gasteiger partial charge in [-0.3, -0.25) is 9.69 Å². The number of hydrogen-bond donors (Lipinski definition) is 1. The molecule has 0 saturated carbocycles. The Morgan fingerprint density at radius 2 is 2.31 bits per heavy atom. The molecule has 90 valence electrons. The van der Waals surface area contributed by atoms with E-state index in [9.17, 15) is 4.79 Å². The second-order valence-corrected chi connectivity index (χ2v) is 3.57. The zero-order valence-corrected chi connectivity index (χ0v) is 10.0. The Hall–Kier alpha value is -1.13. The van der Waals surface area contributed by atoms with Crippen molar-refractivity contribution in [1.29, 1.82) is 0 Å². The highest BCUT2D eigenvalue weighted by atomic mass is 16.5. The first-order chi connectivity index (χ1) is 7.77. The number of carbonyl (C=O) groups excluding carboxylic acids is 1. The van der Waals surface area contributed by atoms with Crippen LogP contribution in [0.1, 0.15) is 24.3 Å². The van der Waals surface area contributed by atoms with Crippen LogP contribution in [0, 0.1) is 0 Å². The molecule has 0 unspecified atom stereocenters. The highest BCUT2D eigenvalue weighted by Gasteiger charge is 2.11. The van der Waals surface area contributed by atoms with E-state index in [1.54, 1.807) is 12.3 Å². The predicted octanol–water partition coefficient (Wildman–Crippen LogP) is 1.56. The van der Waals surface area contributed by atoms with Gasteiger partial charge in [0.05, 0.1) is 18.8 Å². The molecule has 0 spiro atoms. The van der Waals surface area contributed by atoms with Gasteiger partial charge in [0.1, 0.15) is 0 Å². The van der Waals surface area contributed by atoms with Crippen molar-refractivity contribution in [3.63, 3.8) is 0 Å². The zero-order chi connectivity index (χ0) is 11.8. The van der Waals surface area contributed by atoms with E-state index < -0.39 is 0 Å². The summed E-state index contributed by atoms with van der Waals surface area (Å²) in [6.45, 7) is 7.54. The molecule has 1 rings (SSSR count). The Balaban J connectivity index is 2.35. The Morgan fingerprint density at radius 1 is 1.50 bits per heavy atom. The Bertz CT molecular complexity index is 296. The van der Waals surface area contributed by atoms with Crippen molar-refractivity contribution in [2.75, 3.05) is 32.8 Å². The lowest BCUT2D eigenvalue weighted by molar-refractivity contribution is 0.0864. The normalized spacial score (nSPS) is 10.9.